The summed E-state index contributed by atoms with van der Waals surface area (Å²) < 4.78 is 10.4. The quantitative estimate of drug-likeness (QED) is 0.628. The molecule has 0 aliphatic rings. The summed E-state index contributed by atoms with van der Waals surface area (Å²) in [5.74, 6) is 0. The van der Waals surface area contributed by atoms with Crippen molar-refractivity contribution in [2.45, 2.75) is 33.0 Å². The molecule has 0 aromatic heterocycles. The van der Waals surface area contributed by atoms with Crippen LogP contribution in [0.5, 0.6) is 0 Å². The first-order valence-electron chi connectivity index (χ1n) is 4.04. The first-order valence-corrected chi connectivity index (χ1v) is 4.04. The van der Waals surface area contributed by atoms with Crippen LogP contribution < -0.4 is 0 Å². The summed E-state index contributed by atoms with van der Waals surface area (Å²) in [6, 6.07) is 0. The van der Waals surface area contributed by atoms with Gasteiger partial charge in [0.15, 0.2) is 0 Å². The van der Waals surface area contributed by atoms with Crippen molar-refractivity contribution in [2.24, 2.45) is 0 Å². The number of ether oxygens (including phenoxy) is 2. The highest BCUT2D eigenvalue weighted by Crippen LogP contribution is 1.93. The molecular weight excluding hydrogens is 144 g/mol. The SMILES string of the molecule is CCOC[C@@H](C)OC[C@H](C)O. The van der Waals surface area contributed by atoms with E-state index in [0.717, 1.165) is 0 Å². The highest BCUT2D eigenvalue weighted by molar-refractivity contribution is 4.49. The molecule has 0 spiro atoms. The monoisotopic (exact) mass is 162 g/mol. The van der Waals surface area contributed by atoms with Gasteiger partial charge in [-0.2, -0.15) is 0 Å². The van der Waals surface area contributed by atoms with E-state index in [1.807, 2.05) is 13.8 Å². The summed E-state index contributed by atoms with van der Waals surface area (Å²) >= 11 is 0. The molecule has 2 atom stereocenters. The van der Waals surface area contributed by atoms with Crippen LogP contribution in [0.25, 0.3) is 0 Å². The molecule has 0 radical (unpaired) electrons. The second-order valence-corrected chi connectivity index (χ2v) is 2.65. The van der Waals surface area contributed by atoms with E-state index in [-0.39, 0.29) is 12.2 Å². The minimum absolute atomic E-state index is 0.0737. The molecule has 11 heavy (non-hydrogen) atoms. The highest BCUT2D eigenvalue weighted by atomic mass is 16.5. The zero-order valence-electron chi connectivity index (χ0n) is 7.54. The normalized spacial score (nSPS) is 16.4. The highest BCUT2D eigenvalue weighted by Gasteiger charge is 2.03. The van der Waals surface area contributed by atoms with Crippen LogP contribution in [0.2, 0.25) is 0 Å². The van der Waals surface area contributed by atoms with E-state index >= 15 is 0 Å². The largest absolute Gasteiger partial charge is 0.391 e. The van der Waals surface area contributed by atoms with Crippen molar-refractivity contribution in [3.63, 3.8) is 0 Å². The van der Waals surface area contributed by atoms with E-state index in [1.165, 1.54) is 0 Å². The fourth-order valence-corrected chi connectivity index (χ4v) is 0.635. The van der Waals surface area contributed by atoms with Crippen molar-refractivity contribution in [2.75, 3.05) is 19.8 Å². The summed E-state index contributed by atoms with van der Waals surface area (Å²) in [7, 11) is 0. The van der Waals surface area contributed by atoms with Crippen LogP contribution in [0.1, 0.15) is 20.8 Å². The molecule has 1 N–H and O–H groups in total. The van der Waals surface area contributed by atoms with Gasteiger partial charge in [-0.1, -0.05) is 0 Å². The fourth-order valence-electron chi connectivity index (χ4n) is 0.635. The molecular formula is C8H18O3. The third-order valence-electron chi connectivity index (χ3n) is 1.18. The molecule has 0 saturated heterocycles. The van der Waals surface area contributed by atoms with Crippen LogP contribution in [0, 0.1) is 0 Å². The Morgan fingerprint density at radius 1 is 1.27 bits per heavy atom. The van der Waals surface area contributed by atoms with Gasteiger partial charge in [-0.3, -0.25) is 0 Å². The molecule has 3 heteroatoms. The molecule has 0 bridgehead atoms. The number of aliphatic hydroxyl groups is 1. The van der Waals surface area contributed by atoms with Crippen LogP contribution in [-0.4, -0.2) is 37.1 Å². The van der Waals surface area contributed by atoms with Gasteiger partial charge in [-0.15, -0.1) is 0 Å². The molecule has 3 nitrogen and oxygen atoms in total. The molecule has 0 aliphatic heterocycles. The smallest absolute Gasteiger partial charge is 0.0781 e. The molecule has 0 aromatic rings. The summed E-state index contributed by atoms with van der Waals surface area (Å²) in [4.78, 5) is 0. The van der Waals surface area contributed by atoms with Crippen LogP contribution in [-0.2, 0) is 9.47 Å². The van der Waals surface area contributed by atoms with Gasteiger partial charge in [-0.05, 0) is 20.8 Å². The van der Waals surface area contributed by atoms with E-state index in [9.17, 15) is 0 Å². The summed E-state index contributed by atoms with van der Waals surface area (Å²) in [6.07, 6.45) is -0.316. The predicted octanol–water partition coefficient (Wildman–Crippen LogP) is 0.809. The van der Waals surface area contributed by atoms with Crippen molar-refractivity contribution in [3.8, 4) is 0 Å². The van der Waals surface area contributed by atoms with E-state index in [2.05, 4.69) is 0 Å². The van der Waals surface area contributed by atoms with Gasteiger partial charge in [0.05, 0.1) is 25.4 Å². The van der Waals surface area contributed by atoms with Crippen molar-refractivity contribution in [1.82, 2.24) is 0 Å². The van der Waals surface area contributed by atoms with Crippen molar-refractivity contribution in [3.05, 3.63) is 0 Å². The fraction of sp³-hybridized carbons (Fsp3) is 1.00. The molecule has 0 aliphatic carbocycles. The molecule has 0 heterocycles. The minimum Gasteiger partial charge on any atom is -0.391 e. The second kappa shape index (κ2) is 6.58. The molecule has 0 fully saturated rings. The van der Waals surface area contributed by atoms with Gasteiger partial charge in [0.2, 0.25) is 0 Å². The second-order valence-electron chi connectivity index (χ2n) is 2.65. The maximum atomic E-state index is 8.86. The average molecular weight is 162 g/mol. The van der Waals surface area contributed by atoms with Gasteiger partial charge in [-0.25, -0.2) is 0 Å². The van der Waals surface area contributed by atoms with E-state index in [0.29, 0.717) is 19.8 Å². The molecule has 0 unspecified atom stereocenters. The third kappa shape index (κ3) is 7.78. The van der Waals surface area contributed by atoms with Crippen LogP contribution in [0.3, 0.4) is 0 Å². The van der Waals surface area contributed by atoms with Gasteiger partial charge in [0.25, 0.3) is 0 Å². The lowest BCUT2D eigenvalue weighted by Gasteiger charge is -2.13. The zero-order valence-corrected chi connectivity index (χ0v) is 7.54. The first kappa shape index (κ1) is 10.9. The average Bonchev–Trinajstić information content (AvgIpc) is 1.97. The molecule has 0 amide bonds. The lowest BCUT2D eigenvalue weighted by molar-refractivity contribution is -0.0344. The Morgan fingerprint density at radius 3 is 2.36 bits per heavy atom. The Morgan fingerprint density at radius 2 is 1.91 bits per heavy atom. The van der Waals surface area contributed by atoms with E-state index in [4.69, 9.17) is 14.6 Å². The molecule has 0 aromatic carbocycles. The Balaban J connectivity index is 3.15. The Kier molecular flexibility index (Phi) is 6.51. The lowest BCUT2D eigenvalue weighted by atomic mass is 10.4. The maximum Gasteiger partial charge on any atom is 0.0781 e. The van der Waals surface area contributed by atoms with Gasteiger partial charge in [0.1, 0.15) is 0 Å². The number of rotatable bonds is 6. The number of aliphatic hydroxyl groups excluding tert-OH is 1. The van der Waals surface area contributed by atoms with Crippen LogP contribution in [0.4, 0.5) is 0 Å². The van der Waals surface area contributed by atoms with E-state index in [1.54, 1.807) is 6.92 Å². The van der Waals surface area contributed by atoms with Gasteiger partial charge >= 0.3 is 0 Å². The van der Waals surface area contributed by atoms with Crippen LogP contribution >= 0.6 is 0 Å². The molecule has 0 rings (SSSR count). The van der Waals surface area contributed by atoms with E-state index < -0.39 is 0 Å². The molecule has 0 saturated carbocycles. The number of hydrogen-bond donors (Lipinski definition) is 1. The summed E-state index contributed by atoms with van der Waals surface area (Å²) in [5, 5.41) is 8.86. The van der Waals surface area contributed by atoms with Crippen molar-refractivity contribution >= 4 is 0 Å². The van der Waals surface area contributed by atoms with Crippen LogP contribution in [0.15, 0.2) is 0 Å². The summed E-state index contributed by atoms with van der Waals surface area (Å²) in [5.41, 5.74) is 0. The Bertz CT molecular complexity index is 83.4. The number of hydrogen-bond acceptors (Lipinski definition) is 3. The van der Waals surface area contributed by atoms with Gasteiger partial charge in [0, 0.05) is 6.61 Å². The third-order valence-corrected chi connectivity index (χ3v) is 1.18. The standard InChI is InChI=1S/C8H18O3/c1-4-10-6-8(3)11-5-7(2)9/h7-9H,4-6H2,1-3H3/t7-,8+/m0/s1. The predicted molar refractivity (Wildman–Crippen MR) is 43.6 cm³/mol. The Labute approximate surface area is 68.3 Å². The topological polar surface area (TPSA) is 38.7 Å². The first-order chi connectivity index (χ1) is 5.16. The summed E-state index contributed by atoms with van der Waals surface area (Å²) in [6.45, 7) is 7.27. The minimum atomic E-state index is -0.390. The van der Waals surface area contributed by atoms with Crippen molar-refractivity contribution < 1.29 is 14.6 Å². The Hall–Kier alpha value is -0.120. The maximum absolute atomic E-state index is 8.86. The lowest BCUT2D eigenvalue weighted by Crippen LogP contribution is -2.21. The molecule has 68 valence electrons. The van der Waals surface area contributed by atoms with Crippen molar-refractivity contribution in [1.29, 1.82) is 0 Å². The van der Waals surface area contributed by atoms with Gasteiger partial charge < -0.3 is 14.6 Å². The zero-order chi connectivity index (χ0) is 8.69.